The van der Waals surface area contributed by atoms with Gasteiger partial charge in [0.2, 0.25) is 5.91 Å². The summed E-state index contributed by atoms with van der Waals surface area (Å²) < 4.78 is 5.16. The Morgan fingerprint density at radius 3 is 2.61 bits per heavy atom. The van der Waals surface area contributed by atoms with Gasteiger partial charge in [-0.25, -0.2) is 4.79 Å². The fourth-order valence-corrected chi connectivity index (χ4v) is 4.19. The third kappa shape index (κ3) is 4.54. The van der Waals surface area contributed by atoms with Crippen LogP contribution in [0.3, 0.4) is 0 Å². The molecule has 6 heteroatoms. The highest BCUT2D eigenvalue weighted by molar-refractivity contribution is 7.16. The van der Waals surface area contributed by atoms with Gasteiger partial charge < -0.3 is 15.4 Å². The first kappa shape index (κ1) is 17.9. The molecule has 23 heavy (non-hydrogen) atoms. The Bertz CT molecular complexity index is 562. The number of thiophene rings is 1. The van der Waals surface area contributed by atoms with Gasteiger partial charge in [0.1, 0.15) is 5.00 Å². The standard InChI is InChI=1S/C17H26N2O3S/c1-4-13-11(3)23-16(15(13)17(21)22-5-2)19-14(20)10-12-6-8-18-9-7-12/h12,18H,4-10H2,1-3H3,(H,19,20). The number of nitrogens with one attached hydrogen (secondary N) is 2. The lowest BCUT2D eigenvalue weighted by Crippen LogP contribution is -2.30. The van der Waals surface area contributed by atoms with Crippen LogP contribution >= 0.6 is 11.3 Å². The fraction of sp³-hybridized carbons (Fsp3) is 0.647. The molecule has 1 fully saturated rings. The highest BCUT2D eigenvalue weighted by atomic mass is 32.1. The third-order valence-electron chi connectivity index (χ3n) is 4.23. The average molecular weight is 338 g/mol. The first-order chi connectivity index (χ1) is 11.1. The van der Waals surface area contributed by atoms with Crippen LogP contribution < -0.4 is 10.6 Å². The van der Waals surface area contributed by atoms with Gasteiger partial charge in [0.15, 0.2) is 0 Å². The third-order valence-corrected chi connectivity index (χ3v) is 5.29. The van der Waals surface area contributed by atoms with Crippen LogP contribution in [0.15, 0.2) is 0 Å². The normalized spacial score (nSPS) is 15.4. The van der Waals surface area contributed by atoms with Gasteiger partial charge in [-0.2, -0.15) is 0 Å². The molecule has 0 unspecified atom stereocenters. The first-order valence-electron chi connectivity index (χ1n) is 8.36. The maximum absolute atomic E-state index is 12.3. The molecule has 1 amide bonds. The number of carbonyl (C=O) groups is 2. The fourth-order valence-electron chi connectivity index (χ4n) is 3.04. The van der Waals surface area contributed by atoms with Gasteiger partial charge in [-0.05, 0) is 57.7 Å². The number of amides is 1. The zero-order valence-electron chi connectivity index (χ0n) is 14.2. The minimum atomic E-state index is -0.342. The minimum absolute atomic E-state index is 0.00801. The van der Waals surface area contributed by atoms with Gasteiger partial charge in [-0.3, -0.25) is 4.79 Å². The molecule has 0 aromatic carbocycles. The number of hydrogen-bond donors (Lipinski definition) is 2. The van der Waals surface area contributed by atoms with Crippen LogP contribution in [0.2, 0.25) is 0 Å². The van der Waals surface area contributed by atoms with Crippen LogP contribution in [0.25, 0.3) is 0 Å². The largest absolute Gasteiger partial charge is 0.462 e. The summed E-state index contributed by atoms with van der Waals surface area (Å²) >= 11 is 1.46. The van der Waals surface area contributed by atoms with E-state index in [1.165, 1.54) is 11.3 Å². The number of piperidine rings is 1. The SMILES string of the molecule is CCOC(=O)c1c(NC(=O)CC2CCNCC2)sc(C)c1CC. The average Bonchev–Trinajstić information content (AvgIpc) is 2.83. The topological polar surface area (TPSA) is 67.4 Å². The number of rotatable bonds is 6. The molecule has 0 saturated carbocycles. The Morgan fingerprint density at radius 2 is 2.00 bits per heavy atom. The van der Waals surface area contributed by atoms with Crippen molar-refractivity contribution in [2.24, 2.45) is 5.92 Å². The Balaban J connectivity index is 2.11. The molecular formula is C17H26N2O3S. The highest BCUT2D eigenvalue weighted by Crippen LogP contribution is 2.34. The van der Waals surface area contributed by atoms with Crippen LogP contribution in [0.4, 0.5) is 5.00 Å². The molecule has 0 bridgehead atoms. The number of aryl methyl sites for hydroxylation is 1. The van der Waals surface area contributed by atoms with E-state index in [0.29, 0.717) is 29.5 Å². The predicted octanol–water partition coefficient (Wildman–Crippen LogP) is 3.12. The molecule has 1 aliphatic heterocycles. The lowest BCUT2D eigenvalue weighted by atomic mass is 9.94. The zero-order valence-corrected chi connectivity index (χ0v) is 15.0. The van der Waals surface area contributed by atoms with Crippen molar-refractivity contribution < 1.29 is 14.3 Å². The van der Waals surface area contributed by atoms with Crippen molar-refractivity contribution in [3.63, 3.8) is 0 Å². The summed E-state index contributed by atoms with van der Waals surface area (Å²) in [6, 6.07) is 0. The second kappa shape index (κ2) is 8.45. The number of esters is 1. The molecule has 1 aromatic rings. The Labute approximate surface area is 141 Å². The molecule has 5 nitrogen and oxygen atoms in total. The van der Waals surface area contributed by atoms with Crippen LogP contribution in [0.5, 0.6) is 0 Å². The Hall–Kier alpha value is -1.40. The van der Waals surface area contributed by atoms with Crippen molar-refractivity contribution in [1.82, 2.24) is 5.32 Å². The molecular weight excluding hydrogens is 312 g/mol. The van der Waals surface area contributed by atoms with Gasteiger partial charge in [-0.1, -0.05) is 6.92 Å². The van der Waals surface area contributed by atoms with Gasteiger partial charge in [-0.15, -0.1) is 11.3 Å². The monoisotopic (exact) mass is 338 g/mol. The van der Waals surface area contributed by atoms with Crippen molar-refractivity contribution >= 4 is 28.2 Å². The van der Waals surface area contributed by atoms with Gasteiger partial charge in [0, 0.05) is 11.3 Å². The maximum atomic E-state index is 12.3. The smallest absolute Gasteiger partial charge is 0.341 e. The van der Waals surface area contributed by atoms with Gasteiger partial charge in [0.05, 0.1) is 12.2 Å². The Morgan fingerprint density at radius 1 is 1.30 bits per heavy atom. The van der Waals surface area contributed by atoms with Crippen LogP contribution in [0, 0.1) is 12.8 Å². The lowest BCUT2D eigenvalue weighted by molar-refractivity contribution is -0.117. The summed E-state index contributed by atoms with van der Waals surface area (Å²) in [6.07, 6.45) is 3.33. The predicted molar refractivity (Wildman–Crippen MR) is 93.2 cm³/mol. The highest BCUT2D eigenvalue weighted by Gasteiger charge is 2.24. The van der Waals surface area contributed by atoms with E-state index in [0.717, 1.165) is 42.8 Å². The number of ether oxygens (including phenoxy) is 1. The van der Waals surface area contributed by atoms with Crippen molar-refractivity contribution in [3.8, 4) is 0 Å². The molecule has 1 aromatic heterocycles. The van der Waals surface area contributed by atoms with Gasteiger partial charge >= 0.3 is 5.97 Å². The summed E-state index contributed by atoms with van der Waals surface area (Å²) in [5.74, 6) is 0.0752. The van der Waals surface area contributed by atoms with E-state index in [9.17, 15) is 9.59 Å². The minimum Gasteiger partial charge on any atom is -0.462 e. The molecule has 2 heterocycles. The van der Waals surface area contributed by atoms with E-state index >= 15 is 0 Å². The van der Waals surface area contributed by atoms with Crippen molar-refractivity contribution in [1.29, 1.82) is 0 Å². The van der Waals surface area contributed by atoms with E-state index in [1.54, 1.807) is 6.92 Å². The second-order valence-electron chi connectivity index (χ2n) is 5.86. The molecule has 0 spiro atoms. The lowest BCUT2D eigenvalue weighted by Gasteiger charge is -2.21. The molecule has 0 radical (unpaired) electrons. The second-order valence-corrected chi connectivity index (χ2v) is 7.09. The molecule has 2 rings (SSSR count). The summed E-state index contributed by atoms with van der Waals surface area (Å²) in [6.45, 7) is 8.07. The van der Waals surface area contributed by atoms with E-state index in [1.807, 2.05) is 13.8 Å². The molecule has 128 valence electrons. The number of anilines is 1. The van der Waals surface area contributed by atoms with E-state index in [2.05, 4.69) is 10.6 Å². The summed E-state index contributed by atoms with van der Waals surface area (Å²) in [5, 5.41) is 6.89. The number of hydrogen-bond acceptors (Lipinski definition) is 5. The van der Waals surface area contributed by atoms with E-state index in [4.69, 9.17) is 4.74 Å². The van der Waals surface area contributed by atoms with Crippen molar-refractivity contribution in [3.05, 3.63) is 16.0 Å². The maximum Gasteiger partial charge on any atom is 0.341 e. The summed E-state index contributed by atoms with van der Waals surface area (Å²) in [4.78, 5) is 25.7. The van der Waals surface area contributed by atoms with E-state index < -0.39 is 0 Å². The Kier molecular flexibility index (Phi) is 6.59. The first-order valence-corrected chi connectivity index (χ1v) is 9.18. The molecule has 2 N–H and O–H groups in total. The summed E-state index contributed by atoms with van der Waals surface area (Å²) in [7, 11) is 0. The van der Waals surface area contributed by atoms with Crippen molar-refractivity contribution in [2.45, 2.75) is 46.5 Å². The van der Waals surface area contributed by atoms with Crippen LogP contribution in [0.1, 0.15) is 53.9 Å². The van der Waals surface area contributed by atoms with E-state index in [-0.39, 0.29) is 11.9 Å². The molecule has 1 saturated heterocycles. The molecule has 1 aliphatic rings. The quantitative estimate of drug-likeness (QED) is 0.782. The zero-order chi connectivity index (χ0) is 16.8. The summed E-state index contributed by atoms with van der Waals surface area (Å²) in [5.41, 5.74) is 1.51. The molecule has 0 atom stereocenters. The molecule has 0 aliphatic carbocycles. The van der Waals surface area contributed by atoms with Crippen LogP contribution in [-0.2, 0) is 16.0 Å². The van der Waals surface area contributed by atoms with Crippen LogP contribution in [-0.4, -0.2) is 31.6 Å². The van der Waals surface area contributed by atoms with Crippen molar-refractivity contribution in [2.75, 3.05) is 25.0 Å². The number of carbonyl (C=O) groups excluding carboxylic acids is 2. The van der Waals surface area contributed by atoms with Gasteiger partial charge in [0.25, 0.3) is 0 Å².